The number of halogens is 2. The molecule has 1 atom stereocenters. The molecule has 0 radical (unpaired) electrons. The first-order valence-electron chi connectivity index (χ1n) is 5.79. The van der Waals surface area contributed by atoms with Crippen molar-refractivity contribution >= 4 is 0 Å². The third kappa shape index (κ3) is 4.69. The SMILES string of the molecule is CCC(N)Cc1cc(C)ccc1OCC(F)F. The predicted octanol–water partition coefficient (Wildman–Crippen LogP) is 2.92. The molecule has 1 aromatic rings. The van der Waals surface area contributed by atoms with Gasteiger partial charge in [0, 0.05) is 6.04 Å². The zero-order valence-electron chi connectivity index (χ0n) is 10.2. The summed E-state index contributed by atoms with van der Waals surface area (Å²) in [7, 11) is 0. The largest absolute Gasteiger partial charge is 0.487 e. The second kappa shape index (κ2) is 6.55. The van der Waals surface area contributed by atoms with Crippen LogP contribution in [0.25, 0.3) is 0 Å². The first-order chi connectivity index (χ1) is 8.02. The summed E-state index contributed by atoms with van der Waals surface area (Å²) < 4.78 is 29.3. The quantitative estimate of drug-likeness (QED) is 0.833. The predicted molar refractivity (Wildman–Crippen MR) is 64.6 cm³/mol. The molecule has 0 aliphatic rings. The van der Waals surface area contributed by atoms with Crippen molar-refractivity contribution in [2.24, 2.45) is 5.73 Å². The number of hydrogen-bond donors (Lipinski definition) is 1. The van der Waals surface area contributed by atoms with Gasteiger partial charge in [-0.25, -0.2) is 8.78 Å². The Hall–Kier alpha value is -1.16. The highest BCUT2D eigenvalue weighted by Crippen LogP contribution is 2.22. The molecule has 0 fully saturated rings. The molecular formula is C13H19F2NO. The molecule has 1 unspecified atom stereocenters. The van der Waals surface area contributed by atoms with Gasteiger partial charge < -0.3 is 10.5 Å². The highest BCUT2D eigenvalue weighted by molar-refractivity contribution is 5.37. The van der Waals surface area contributed by atoms with Gasteiger partial charge in [-0.3, -0.25) is 0 Å². The maximum absolute atomic E-state index is 12.1. The van der Waals surface area contributed by atoms with Gasteiger partial charge in [-0.15, -0.1) is 0 Å². The third-order valence-corrected chi connectivity index (χ3v) is 2.59. The molecule has 2 nitrogen and oxygen atoms in total. The van der Waals surface area contributed by atoms with Crippen molar-refractivity contribution in [3.8, 4) is 5.75 Å². The molecular weight excluding hydrogens is 224 g/mol. The number of nitrogens with two attached hydrogens (primary N) is 1. The summed E-state index contributed by atoms with van der Waals surface area (Å²) in [4.78, 5) is 0. The minimum absolute atomic E-state index is 0.0331. The highest BCUT2D eigenvalue weighted by Gasteiger charge is 2.10. The van der Waals surface area contributed by atoms with Crippen LogP contribution in [0.5, 0.6) is 5.75 Å². The first kappa shape index (κ1) is 13.9. The van der Waals surface area contributed by atoms with E-state index in [-0.39, 0.29) is 6.04 Å². The summed E-state index contributed by atoms with van der Waals surface area (Å²) in [6, 6.07) is 5.55. The van der Waals surface area contributed by atoms with Crippen molar-refractivity contribution in [1.82, 2.24) is 0 Å². The van der Waals surface area contributed by atoms with E-state index in [0.717, 1.165) is 17.5 Å². The van der Waals surface area contributed by atoms with E-state index in [0.29, 0.717) is 12.2 Å². The van der Waals surface area contributed by atoms with Gasteiger partial charge in [0.05, 0.1) is 0 Å². The molecule has 0 aromatic heterocycles. The van der Waals surface area contributed by atoms with E-state index < -0.39 is 13.0 Å². The molecule has 0 saturated carbocycles. The fourth-order valence-corrected chi connectivity index (χ4v) is 1.59. The monoisotopic (exact) mass is 243 g/mol. The second-order valence-corrected chi connectivity index (χ2v) is 4.19. The maximum atomic E-state index is 12.1. The van der Waals surface area contributed by atoms with Crippen LogP contribution in [-0.2, 0) is 6.42 Å². The van der Waals surface area contributed by atoms with Gasteiger partial charge >= 0.3 is 0 Å². The fourth-order valence-electron chi connectivity index (χ4n) is 1.59. The zero-order valence-corrected chi connectivity index (χ0v) is 10.2. The Balaban J connectivity index is 2.79. The van der Waals surface area contributed by atoms with Gasteiger partial charge in [-0.2, -0.15) is 0 Å². The van der Waals surface area contributed by atoms with Crippen LogP contribution in [0.4, 0.5) is 8.78 Å². The van der Waals surface area contributed by atoms with E-state index in [2.05, 4.69) is 0 Å². The Morgan fingerprint density at radius 2 is 2.06 bits per heavy atom. The number of alkyl halides is 2. The third-order valence-electron chi connectivity index (χ3n) is 2.59. The van der Waals surface area contributed by atoms with Crippen LogP contribution >= 0.6 is 0 Å². The molecule has 0 aliphatic carbocycles. The van der Waals surface area contributed by atoms with Crippen molar-refractivity contribution in [3.05, 3.63) is 29.3 Å². The lowest BCUT2D eigenvalue weighted by Crippen LogP contribution is -2.22. The van der Waals surface area contributed by atoms with Crippen LogP contribution in [0.1, 0.15) is 24.5 Å². The van der Waals surface area contributed by atoms with E-state index in [4.69, 9.17) is 10.5 Å². The Bertz CT molecular complexity index is 355. The smallest absolute Gasteiger partial charge is 0.272 e. The minimum Gasteiger partial charge on any atom is -0.487 e. The second-order valence-electron chi connectivity index (χ2n) is 4.19. The molecule has 0 spiro atoms. The van der Waals surface area contributed by atoms with Crippen molar-refractivity contribution in [2.75, 3.05) is 6.61 Å². The van der Waals surface area contributed by atoms with Gasteiger partial charge in [-0.1, -0.05) is 24.6 Å². The number of rotatable bonds is 6. The normalized spacial score (nSPS) is 12.8. The summed E-state index contributed by atoms with van der Waals surface area (Å²) >= 11 is 0. The van der Waals surface area contributed by atoms with E-state index in [1.54, 1.807) is 6.07 Å². The van der Waals surface area contributed by atoms with Crippen molar-refractivity contribution < 1.29 is 13.5 Å². The lowest BCUT2D eigenvalue weighted by molar-refractivity contribution is 0.0814. The van der Waals surface area contributed by atoms with Gasteiger partial charge in [0.1, 0.15) is 12.4 Å². The number of benzene rings is 1. The van der Waals surface area contributed by atoms with Crippen LogP contribution < -0.4 is 10.5 Å². The maximum Gasteiger partial charge on any atom is 0.272 e. The van der Waals surface area contributed by atoms with Crippen molar-refractivity contribution in [3.63, 3.8) is 0 Å². The van der Waals surface area contributed by atoms with Crippen LogP contribution in [0.3, 0.4) is 0 Å². The lowest BCUT2D eigenvalue weighted by Gasteiger charge is -2.15. The molecule has 96 valence electrons. The Morgan fingerprint density at radius 3 is 2.65 bits per heavy atom. The topological polar surface area (TPSA) is 35.2 Å². The van der Waals surface area contributed by atoms with Crippen LogP contribution in [0.15, 0.2) is 18.2 Å². The minimum atomic E-state index is -2.45. The highest BCUT2D eigenvalue weighted by atomic mass is 19.3. The fraction of sp³-hybridized carbons (Fsp3) is 0.538. The molecule has 1 aromatic carbocycles. The van der Waals surface area contributed by atoms with Gasteiger partial charge in [0.25, 0.3) is 6.43 Å². The molecule has 2 N–H and O–H groups in total. The van der Waals surface area contributed by atoms with Gasteiger partial charge in [-0.05, 0) is 31.4 Å². The van der Waals surface area contributed by atoms with E-state index in [1.807, 2.05) is 26.0 Å². The van der Waals surface area contributed by atoms with Crippen LogP contribution in [0.2, 0.25) is 0 Å². The molecule has 0 saturated heterocycles. The summed E-state index contributed by atoms with van der Waals surface area (Å²) in [6.45, 7) is 3.38. The molecule has 4 heteroatoms. The molecule has 0 bridgehead atoms. The van der Waals surface area contributed by atoms with E-state index in [9.17, 15) is 8.78 Å². The summed E-state index contributed by atoms with van der Waals surface area (Å²) in [5.41, 5.74) is 7.86. The van der Waals surface area contributed by atoms with Crippen molar-refractivity contribution in [2.45, 2.75) is 39.2 Å². The lowest BCUT2D eigenvalue weighted by atomic mass is 10.0. The van der Waals surface area contributed by atoms with E-state index in [1.165, 1.54) is 0 Å². The number of aryl methyl sites for hydroxylation is 1. The van der Waals surface area contributed by atoms with Gasteiger partial charge in [0.2, 0.25) is 0 Å². The summed E-state index contributed by atoms with van der Waals surface area (Å²) in [6.07, 6.45) is -0.956. The molecule has 17 heavy (non-hydrogen) atoms. The average molecular weight is 243 g/mol. The summed E-state index contributed by atoms with van der Waals surface area (Å²) in [5.74, 6) is 0.514. The Morgan fingerprint density at radius 1 is 1.35 bits per heavy atom. The molecule has 0 aliphatic heterocycles. The van der Waals surface area contributed by atoms with Crippen LogP contribution in [-0.4, -0.2) is 19.1 Å². The molecule has 0 amide bonds. The standard InChI is InChI=1S/C13H19F2NO/c1-3-11(16)7-10-6-9(2)4-5-12(10)17-8-13(14)15/h4-6,11,13H,3,7-8,16H2,1-2H3. The first-order valence-corrected chi connectivity index (χ1v) is 5.79. The molecule has 1 rings (SSSR count). The number of hydrogen-bond acceptors (Lipinski definition) is 2. The van der Waals surface area contributed by atoms with Crippen LogP contribution in [0, 0.1) is 6.92 Å². The number of ether oxygens (including phenoxy) is 1. The van der Waals surface area contributed by atoms with Gasteiger partial charge in [0.15, 0.2) is 0 Å². The summed E-state index contributed by atoms with van der Waals surface area (Å²) in [5, 5.41) is 0. The molecule has 0 heterocycles. The zero-order chi connectivity index (χ0) is 12.8. The van der Waals surface area contributed by atoms with Crippen molar-refractivity contribution in [1.29, 1.82) is 0 Å². The Labute approximate surface area is 101 Å². The van der Waals surface area contributed by atoms with E-state index >= 15 is 0 Å². The Kier molecular flexibility index (Phi) is 5.35. The average Bonchev–Trinajstić information content (AvgIpc) is 2.27.